The van der Waals surface area contributed by atoms with Crippen LogP contribution in [0.5, 0.6) is 5.75 Å². The Morgan fingerprint density at radius 3 is 2.64 bits per heavy atom. The lowest BCUT2D eigenvalue weighted by atomic mass is 10.0. The monoisotopic (exact) mass is 402 g/mol. The molecule has 0 aromatic heterocycles. The lowest BCUT2D eigenvalue weighted by molar-refractivity contribution is 0.102. The first-order chi connectivity index (χ1) is 13.4. The highest BCUT2D eigenvalue weighted by Crippen LogP contribution is 2.24. The number of piperidine rings is 1. The van der Waals surface area contributed by atoms with Crippen molar-refractivity contribution in [1.29, 1.82) is 0 Å². The number of anilines is 1. The number of sulfonamides is 1. The van der Waals surface area contributed by atoms with Crippen LogP contribution in [0.3, 0.4) is 0 Å². The predicted octanol–water partition coefficient (Wildman–Crippen LogP) is 3.76. The molecule has 1 saturated heterocycles. The molecule has 0 bridgehead atoms. The molecule has 7 heteroatoms. The van der Waals surface area contributed by atoms with Gasteiger partial charge in [-0.25, -0.2) is 8.42 Å². The summed E-state index contributed by atoms with van der Waals surface area (Å²) in [5.41, 5.74) is 1.02. The molecule has 6 nitrogen and oxygen atoms in total. The number of benzene rings is 2. The van der Waals surface area contributed by atoms with Crippen LogP contribution in [0.4, 0.5) is 5.69 Å². The van der Waals surface area contributed by atoms with Crippen molar-refractivity contribution in [2.24, 2.45) is 5.92 Å². The molecule has 3 rings (SSSR count). The molecular weight excluding hydrogens is 376 g/mol. The van der Waals surface area contributed by atoms with Crippen molar-refractivity contribution < 1.29 is 17.9 Å². The number of nitrogens with one attached hydrogen (secondary N) is 1. The highest BCUT2D eigenvalue weighted by atomic mass is 32.2. The second kappa shape index (κ2) is 8.75. The lowest BCUT2D eigenvalue weighted by Gasteiger charge is -2.30. The second-order valence-electron chi connectivity index (χ2n) is 7.05. The number of nitrogens with zero attached hydrogens (tertiary/aromatic N) is 1. The van der Waals surface area contributed by atoms with E-state index in [9.17, 15) is 13.2 Å². The Morgan fingerprint density at radius 1 is 1.21 bits per heavy atom. The summed E-state index contributed by atoms with van der Waals surface area (Å²) in [5.74, 6) is 0.739. The van der Waals surface area contributed by atoms with Crippen molar-refractivity contribution >= 4 is 21.6 Å². The molecule has 1 fully saturated rings. The van der Waals surface area contributed by atoms with E-state index in [1.807, 2.05) is 13.0 Å². The Kier molecular flexibility index (Phi) is 6.36. The van der Waals surface area contributed by atoms with Crippen LogP contribution in [0.25, 0.3) is 0 Å². The molecule has 1 unspecified atom stereocenters. The Labute approximate surface area is 166 Å². The Balaban J connectivity index is 1.71. The summed E-state index contributed by atoms with van der Waals surface area (Å²) in [7, 11) is -3.52. The second-order valence-corrected chi connectivity index (χ2v) is 8.99. The van der Waals surface area contributed by atoms with Gasteiger partial charge in [0, 0.05) is 30.4 Å². The van der Waals surface area contributed by atoms with Gasteiger partial charge in [0.25, 0.3) is 5.91 Å². The lowest BCUT2D eigenvalue weighted by Crippen LogP contribution is -2.39. The number of rotatable bonds is 6. The van der Waals surface area contributed by atoms with Crippen LogP contribution in [-0.4, -0.2) is 38.3 Å². The first-order valence-electron chi connectivity index (χ1n) is 9.54. The molecule has 0 saturated carbocycles. The van der Waals surface area contributed by atoms with Crippen molar-refractivity contribution in [2.45, 2.75) is 31.6 Å². The number of hydrogen-bond acceptors (Lipinski definition) is 4. The largest absolute Gasteiger partial charge is 0.494 e. The highest BCUT2D eigenvalue weighted by molar-refractivity contribution is 7.89. The quantitative estimate of drug-likeness (QED) is 0.798. The first kappa shape index (κ1) is 20.4. The van der Waals surface area contributed by atoms with E-state index in [2.05, 4.69) is 12.2 Å². The van der Waals surface area contributed by atoms with Gasteiger partial charge in [-0.15, -0.1) is 0 Å². The SMILES string of the molecule is CCOc1cccc(NC(=O)c2ccc(S(=O)(=O)N3CCCC(C)C3)cc2)c1. The van der Waals surface area contributed by atoms with Gasteiger partial charge in [-0.05, 0) is 62.1 Å². The molecular formula is C21H26N2O4S. The summed E-state index contributed by atoms with van der Waals surface area (Å²) in [5, 5.41) is 2.81. The standard InChI is InChI=1S/C21H26N2O4S/c1-3-27-19-8-4-7-18(14-19)22-21(24)17-9-11-20(12-10-17)28(25,26)23-13-5-6-16(2)15-23/h4,7-12,14,16H,3,5-6,13,15H2,1-2H3,(H,22,24). The Hall–Kier alpha value is -2.38. The van der Waals surface area contributed by atoms with Crippen LogP contribution >= 0.6 is 0 Å². The molecule has 1 amide bonds. The average Bonchev–Trinajstić information content (AvgIpc) is 2.68. The summed E-state index contributed by atoms with van der Waals surface area (Å²) in [6, 6.07) is 13.2. The molecule has 1 atom stereocenters. The van der Waals surface area contributed by atoms with E-state index >= 15 is 0 Å². The van der Waals surface area contributed by atoms with Gasteiger partial charge in [-0.2, -0.15) is 4.31 Å². The summed E-state index contributed by atoms with van der Waals surface area (Å²) < 4.78 is 32.6. The smallest absolute Gasteiger partial charge is 0.255 e. The van der Waals surface area contributed by atoms with E-state index in [4.69, 9.17) is 4.74 Å². The van der Waals surface area contributed by atoms with E-state index in [-0.39, 0.29) is 10.8 Å². The van der Waals surface area contributed by atoms with E-state index in [1.165, 1.54) is 16.4 Å². The van der Waals surface area contributed by atoms with Crippen molar-refractivity contribution in [1.82, 2.24) is 4.31 Å². The van der Waals surface area contributed by atoms with Gasteiger partial charge in [0.1, 0.15) is 5.75 Å². The van der Waals surface area contributed by atoms with Gasteiger partial charge in [-0.3, -0.25) is 4.79 Å². The number of hydrogen-bond donors (Lipinski definition) is 1. The number of amides is 1. The van der Waals surface area contributed by atoms with Crippen molar-refractivity contribution in [3.05, 3.63) is 54.1 Å². The van der Waals surface area contributed by atoms with E-state index in [0.717, 1.165) is 12.8 Å². The maximum atomic E-state index is 12.8. The summed E-state index contributed by atoms with van der Waals surface area (Å²) in [4.78, 5) is 12.7. The van der Waals surface area contributed by atoms with Gasteiger partial charge in [0.05, 0.1) is 11.5 Å². The summed E-state index contributed by atoms with van der Waals surface area (Å²) >= 11 is 0. The number of carbonyl (C=O) groups excluding carboxylic acids is 1. The molecule has 2 aromatic rings. The zero-order chi connectivity index (χ0) is 20.1. The summed E-state index contributed by atoms with van der Waals surface area (Å²) in [6.45, 7) is 5.59. The third-order valence-corrected chi connectivity index (χ3v) is 6.66. The topological polar surface area (TPSA) is 75.7 Å². The van der Waals surface area contributed by atoms with Crippen LogP contribution in [0, 0.1) is 5.92 Å². The van der Waals surface area contributed by atoms with Gasteiger partial charge in [0.2, 0.25) is 10.0 Å². The first-order valence-corrected chi connectivity index (χ1v) is 11.0. The zero-order valence-corrected chi connectivity index (χ0v) is 17.0. The molecule has 28 heavy (non-hydrogen) atoms. The van der Waals surface area contributed by atoms with Crippen LogP contribution in [0.2, 0.25) is 0 Å². The number of carbonyl (C=O) groups is 1. The van der Waals surface area contributed by atoms with Crippen LogP contribution < -0.4 is 10.1 Å². The van der Waals surface area contributed by atoms with E-state index < -0.39 is 10.0 Å². The molecule has 1 N–H and O–H groups in total. The predicted molar refractivity (Wildman–Crippen MR) is 109 cm³/mol. The van der Waals surface area contributed by atoms with E-state index in [0.29, 0.717) is 42.6 Å². The number of ether oxygens (including phenoxy) is 1. The Bertz CT molecular complexity index is 926. The molecule has 150 valence electrons. The molecule has 1 heterocycles. The molecule has 2 aromatic carbocycles. The van der Waals surface area contributed by atoms with Crippen LogP contribution in [-0.2, 0) is 10.0 Å². The highest BCUT2D eigenvalue weighted by Gasteiger charge is 2.28. The minimum Gasteiger partial charge on any atom is -0.494 e. The molecule has 1 aliphatic rings. The van der Waals surface area contributed by atoms with Gasteiger partial charge in [0.15, 0.2) is 0 Å². The molecule has 0 aliphatic carbocycles. The van der Waals surface area contributed by atoms with Crippen LogP contribution in [0.1, 0.15) is 37.0 Å². The molecule has 1 aliphatic heterocycles. The third-order valence-electron chi connectivity index (χ3n) is 4.78. The third kappa shape index (κ3) is 4.72. The summed E-state index contributed by atoms with van der Waals surface area (Å²) in [6.07, 6.45) is 1.93. The average molecular weight is 403 g/mol. The zero-order valence-electron chi connectivity index (χ0n) is 16.2. The van der Waals surface area contributed by atoms with Crippen LogP contribution in [0.15, 0.2) is 53.4 Å². The maximum Gasteiger partial charge on any atom is 0.255 e. The fourth-order valence-electron chi connectivity index (χ4n) is 3.33. The van der Waals surface area contributed by atoms with Crippen molar-refractivity contribution in [2.75, 3.05) is 25.0 Å². The fraction of sp³-hybridized carbons (Fsp3) is 0.381. The minimum absolute atomic E-state index is 0.219. The van der Waals surface area contributed by atoms with Crippen molar-refractivity contribution in [3.63, 3.8) is 0 Å². The van der Waals surface area contributed by atoms with Gasteiger partial charge < -0.3 is 10.1 Å². The van der Waals surface area contributed by atoms with Gasteiger partial charge in [-0.1, -0.05) is 13.0 Å². The maximum absolute atomic E-state index is 12.8. The molecule has 0 spiro atoms. The van der Waals surface area contributed by atoms with Gasteiger partial charge >= 0.3 is 0 Å². The normalized spacial score (nSPS) is 17.9. The molecule has 0 radical (unpaired) electrons. The Morgan fingerprint density at radius 2 is 1.96 bits per heavy atom. The van der Waals surface area contributed by atoms with Crippen molar-refractivity contribution in [3.8, 4) is 5.75 Å². The van der Waals surface area contributed by atoms with E-state index in [1.54, 1.807) is 30.3 Å². The minimum atomic E-state index is -3.52. The fourth-order valence-corrected chi connectivity index (χ4v) is 4.92.